The smallest absolute Gasteiger partial charge is 0.332 e. The van der Waals surface area contributed by atoms with E-state index in [-0.39, 0.29) is 12.6 Å². The zero-order valence-electron chi connectivity index (χ0n) is 12.5. The van der Waals surface area contributed by atoms with Gasteiger partial charge < -0.3 is 9.47 Å². The van der Waals surface area contributed by atoms with E-state index in [4.69, 9.17) is 9.47 Å². The zero-order chi connectivity index (χ0) is 16.6. The van der Waals surface area contributed by atoms with Gasteiger partial charge in [0.05, 0.1) is 0 Å². The highest BCUT2D eigenvalue weighted by Gasteiger charge is 2.16. The summed E-state index contributed by atoms with van der Waals surface area (Å²) in [5, 5.41) is 0. The molecule has 9 heteroatoms. The molecular weight excluding hydrogens is 304 g/mol. The highest BCUT2D eigenvalue weighted by Crippen LogP contribution is 2.32. The molecule has 0 spiro atoms. The second-order valence-corrected chi connectivity index (χ2v) is 4.92. The van der Waals surface area contributed by atoms with Gasteiger partial charge in [-0.25, -0.2) is 4.79 Å². The number of hydrogen-bond acceptors (Lipinski definition) is 6. The van der Waals surface area contributed by atoms with Crippen LogP contribution in [0.15, 0.2) is 33.9 Å². The number of carbonyl (C=O) groups excluding carboxylic acids is 1. The molecule has 120 valence electrons. The number of hydrogen-bond donors (Lipinski definition) is 2. The number of rotatable bonds is 3. The van der Waals surface area contributed by atoms with Crippen molar-refractivity contribution in [3.63, 3.8) is 0 Å². The SMILES string of the molecule is Cn1c(NNC(=O)c2ccc3c(c2)OCO3)cc(=O)n(C)c1=O. The highest BCUT2D eigenvalue weighted by molar-refractivity contribution is 5.95. The van der Waals surface area contributed by atoms with E-state index in [2.05, 4.69) is 10.9 Å². The van der Waals surface area contributed by atoms with Crippen LogP contribution in [0.4, 0.5) is 5.82 Å². The Labute approximate surface area is 130 Å². The Morgan fingerprint density at radius 3 is 2.61 bits per heavy atom. The first kappa shape index (κ1) is 14.7. The summed E-state index contributed by atoms with van der Waals surface area (Å²) >= 11 is 0. The van der Waals surface area contributed by atoms with Crippen molar-refractivity contribution < 1.29 is 14.3 Å². The molecule has 0 aliphatic carbocycles. The van der Waals surface area contributed by atoms with Gasteiger partial charge in [0.1, 0.15) is 5.82 Å². The fraction of sp³-hybridized carbons (Fsp3) is 0.214. The van der Waals surface area contributed by atoms with Gasteiger partial charge in [0.25, 0.3) is 11.5 Å². The van der Waals surface area contributed by atoms with Gasteiger partial charge in [-0.1, -0.05) is 0 Å². The van der Waals surface area contributed by atoms with Crippen LogP contribution < -0.4 is 31.6 Å². The molecule has 0 fully saturated rings. The van der Waals surface area contributed by atoms with Crippen LogP contribution >= 0.6 is 0 Å². The van der Waals surface area contributed by atoms with Gasteiger partial charge in [-0.3, -0.25) is 29.6 Å². The van der Waals surface area contributed by atoms with E-state index in [9.17, 15) is 14.4 Å². The van der Waals surface area contributed by atoms with Crippen molar-refractivity contribution in [2.24, 2.45) is 14.1 Å². The number of amides is 1. The van der Waals surface area contributed by atoms with E-state index in [0.29, 0.717) is 17.1 Å². The van der Waals surface area contributed by atoms with Gasteiger partial charge in [-0.15, -0.1) is 0 Å². The van der Waals surface area contributed by atoms with Crippen molar-refractivity contribution in [3.8, 4) is 11.5 Å². The maximum absolute atomic E-state index is 12.1. The van der Waals surface area contributed by atoms with Gasteiger partial charge in [0.2, 0.25) is 6.79 Å². The Bertz CT molecular complexity index is 899. The lowest BCUT2D eigenvalue weighted by Crippen LogP contribution is -2.40. The Kier molecular flexibility index (Phi) is 3.53. The Morgan fingerprint density at radius 1 is 1.09 bits per heavy atom. The summed E-state index contributed by atoms with van der Waals surface area (Å²) in [7, 11) is 2.86. The van der Waals surface area contributed by atoms with Crippen LogP contribution in [-0.4, -0.2) is 21.8 Å². The lowest BCUT2D eigenvalue weighted by Gasteiger charge is -2.12. The molecule has 1 aliphatic rings. The molecule has 0 unspecified atom stereocenters. The Hall–Kier alpha value is -3.23. The van der Waals surface area contributed by atoms with Crippen molar-refractivity contribution in [2.45, 2.75) is 0 Å². The number of fused-ring (bicyclic) bond motifs is 1. The van der Waals surface area contributed by atoms with E-state index in [1.165, 1.54) is 24.7 Å². The summed E-state index contributed by atoms with van der Waals surface area (Å²) in [4.78, 5) is 35.5. The number of anilines is 1. The molecule has 2 N–H and O–H groups in total. The monoisotopic (exact) mass is 318 g/mol. The van der Waals surface area contributed by atoms with Gasteiger partial charge in [0, 0.05) is 25.7 Å². The summed E-state index contributed by atoms with van der Waals surface area (Å²) in [5.74, 6) is 0.783. The van der Waals surface area contributed by atoms with Gasteiger partial charge in [-0.2, -0.15) is 0 Å². The van der Waals surface area contributed by atoms with E-state index >= 15 is 0 Å². The summed E-state index contributed by atoms with van der Waals surface area (Å²) < 4.78 is 12.5. The number of carbonyl (C=O) groups is 1. The van der Waals surface area contributed by atoms with Crippen LogP contribution in [0.1, 0.15) is 10.4 Å². The van der Waals surface area contributed by atoms with Gasteiger partial charge >= 0.3 is 5.69 Å². The summed E-state index contributed by atoms with van der Waals surface area (Å²) in [5.41, 5.74) is 4.36. The van der Waals surface area contributed by atoms with Gasteiger partial charge in [-0.05, 0) is 18.2 Å². The van der Waals surface area contributed by atoms with E-state index in [1.54, 1.807) is 18.2 Å². The first-order chi connectivity index (χ1) is 11.0. The van der Waals surface area contributed by atoms with Crippen molar-refractivity contribution in [3.05, 3.63) is 50.7 Å². The summed E-state index contributed by atoms with van der Waals surface area (Å²) in [6.07, 6.45) is 0. The van der Waals surface area contributed by atoms with Crippen molar-refractivity contribution in [1.29, 1.82) is 0 Å². The number of ether oxygens (including phenoxy) is 2. The number of aromatic nitrogens is 2. The van der Waals surface area contributed by atoms with Crippen LogP contribution in [0.25, 0.3) is 0 Å². The van der Waals surface area contributed by atoms with Crippen molar-refractivity contribution in [1.82, 2.24) is 14.6 Å². The fourth-order valence-electron chi connectivity index (χ4n) is 2.08. The minimum atomic E-state index is -0.502. The molecular formula is C14H14N4O5. The minimum absolute atomic E-state index is 0.119. The molecule has 0 radical (unpaired) electrons. The molecule has 1 aliphatic heterocycles. The first-order valence-electron chi connectivity index (χ1n) is 6.70. The predicted molar refractivity (Wildman–Crippen MR) is 80.6 cm³/mol. The largest absolute Gasteiger partial charge is 0.454 e. The molecule has 1 aromatic heterocycles. The molecule has 0 atom stereocenters. The van der Waals surface area contributed by atoms with E-state index < -0.39 is 17.2 Å². The second-order valence-electron chi connectivity index (χ2n) is 4.92. The maximum Gasteiger partial charge on any atom is 0.332 e. The average Bonchev–Trinajstić information content (AvgIpc) is 3.02. The average molecular weight is 318 g/mol. The fourth-order valence-corrected chi connectivity index (χ4v) is 2.08. The second kappa shape index (κ2) is 5.52. The molecule has 2 heterocycles. The third-order valence-corrected chi connectivity index (χ3v) is 3.46. The number of benzene rings is 1. The zero-order valence-corrected chi connectivity index (χ0v) is 12.5. The van der Waals surface area contributed by atoms with Gasteiger partial charge in [0.15, 0.2) is 11.5 Å². The first-order valence-corrected chi connectivity index (χ1v) is 6.70. The quantitative estimate of drug-likeness (QED) is 0.744. The molecule has 23 heavy (non-hydrogen) atoms. The maximum atomic E-state index is 12.1. The molecule has 0 bridgehead atoms. The predicted octanol–water partition coefficient (Wildman–Crippen LogP) is -0.430. The van der Waals surface area contributed by atoms with Crippen LogP contribution in [0.2, 0.25) is 0 Å². The normalized spacial score (nSPS) is 12.1. The standard InChI is InChI=1S/C14H14N4O5/c1-17-11(6-12(19)18(2)14(17)21)15-16-13(20)8-3-4-9-10(5-8)23-7-22-9/h3-6,15H,7H2,1-2H3,(H,16,20). The summed E-state index contributed by atoms with van der Waals surface area (Å²) in [6.45, 7) is 0.119. The molecule has 0 saturated heterocycles. The van der Waals surface area contributed by atoms with E-state index in [0.717, 1.165) is 4.57 Å². The Balaban J connectivity index is 1.77. The molecule has 9 nitrogen and oxygen atoms in total. The topological polar surface area (TPSA) is 104 Å². The van der Waals surface area contributed by atoms with Crippen molar-refractivity contribution in [2.75, 3.05) is 12.2 Å². The lowest BCUT2D eigenvalue weighted by atomic mass is 10.2. The van der Waals surface area contributed by atoms with Crippen LogP contribution in [-0.2, 0) is 14.1 Å². The number of hydrazine groups is 1. The van der Waals surface area contributed by atoms with E-state index in [1.807, 2.05) is 0 Å². The molecule has 1 aromatic carbocycles. The number of nitrogens with zero attached hydrogens (tertiary/aromatic N) is 2. The minimum Gasteiger partial charge on any atom is -0.454 e. The van der Waals surface area contributed by atoms with Crippen LogP contribution in [0, 0.1) is 0 Å². The number of nitrogens with one attached hydrogen (secondary N) is 2. The van der Waals surface area contributed by atoms with Crippen LogP contribution in [0.5, 0.6) is 11.5 Å². The molecule has 0 saturated carbocycles. The third-order valence-electron chi connectivity index (χ3n) is 3.46. The molecule has 1 amide bonds. The third kappa shape index (κ3) is 2.63. The summed E-state index contributed by atoms with van der Waals surface area (Å²) in [6, 6.07) is 5.96. The van der Waals surface area contributed by atoms with Crippen molar-refractivity contribution >= 4 is 11.7 Å². The molecule has 2 aromatic rings. The Morgan fingerprint density at radius 2 is 1.83 bits per heavy atom. The highest BCUT2D eigenvalue weighted by atomic mass is 16.7. The van der Waals surface area contributed by atoms with Crippen LogP contribution in [0.3, 0.4) is 0 Å². The molecule has 3 rings (SSSR count). The lowest BCUT2D eigenvalue weighted by molar-refractivity contribution is 0.0962.